The van der Waals surface area contributed by atoms with Crippen LogP contribution in [-0.4, -0.2) is 39.2 Å². The van der Waals surface area contributed by atoms with Gasteiger partial charge in [0.05, 0.1) is 24.4 Å². The summed E-state index contributed by atoms with van der Waals surface area (Å²) >= 11 is 0. The van der Waals surface area contributed by atoms with Crippen LogP contribution in [-0.2, 0) is 4.79 Å². The minimum atomic E-state index is -0.518. The van der Waals surface area contributed by atoms with Crippen molar-refractivity contribution in [2.75, 3.05) is 12.4 Å². The average Bonchev–Trinajstić information content (AvgIpc) is 3.43. The van der Waals surface area contributed by atoms with Gasteiger partial charge in [0.1, 0.15) is 23.7 Å². The molecule has 1 aliphatic rings. The molecule has 0 atom stereocenters. The summed E-state index contributed by atoms with van der Waals surface area (Å²) in [5.41, 5.74) is 0.832. The molecule has 1 saturated carbocycles. The van der Waals surface area contributed by atoms with Crippen LogP contribution < -0.4 is 19.5 Å². The molecule has 37 heavy (non-hydrogen) atoms. The molecule has 2 heterocycles. The number of allylic oxidation sites excluding steroid dienone is 1. The van der Waals surface area contributed by atoms with Gasteiger partial charge in [-0.25, -0.2) is 14.4 Å². The molecule has 0 aliphatic heterocycles. The summed E-state index contributed by atoms with van der Waals surface area (Å²) in [6, 6.07) is 9.67. The number of carbonyl (C=O) groups excluding carboxylic acids is 1. The summed E-state index contributed by atoms with van der Waals surface area (Å²) in [7, 11) is 1.57. The van der Waals surface area contributed by atoms with E-state index in [2.05, 4.69) is 32.1 Å². The molecular weight excluding hydrogens is 477 g/mol. The van der Waals surface area contributed by atoms with E-state index in [1.54, 1.807) is 43.6 Å². The predicted octanol–water partition coefficient (Wildman–Crippen LogP) is 5.73. The fourth-order valence-electron chi connectivity index (χ4n) is 4.44. The number of halogens is 1. The maximum Gasteiger partial charge on any atom is 0.237 e. The second kappa shape index (κ2) is 10.7. The van der Waals surface area contributed by atoms with Crippen molar-refractivity contribution < 1.29 is 23.4 Å². The van der Waals surface area contributed by atoms with Crippen LogP contribution in [0.2, 0.25) is 0 Å². The summed E-state index contributed by atoms with van der Waals surface area (Å²) in [4.78, 5) is 20.6. The van der Waals surface area contributed by atoms with Crippen LogP contribution in [0.25, 0.3) is 10.9 Å². The second-order valence-electron chi connectivity index (χ2n) is 8.72. The number of fused-ring (bicyclic) bond motifs is 1. The molecule has 2 N–H and O–H groups in total. The van der Waals surface area contributed by atoms with Crippen LogP contribution in [0, 0.1) is 11.7 Å². The number of aromatic nitrogens is 4. The van der Waals surface area contributed by atoms with Crippen molar-refractivity contribution in [3.8, 4) is 23.1 Å². The molecule has 190 valence electrons. The third-order valence-electron chi connectivity index (χ3n) is 6.38. The number of hydrogen-bond donors (Lipinski definition) is 2. The molecule has 1 aliphatic carbocycles. The molecule has 2 aromatic carbocycles. The smallest absolute Gasteiger partial charge is 0.237 e. The Morgan fingerprint density at radius 1 is 1.14 bits per heavy atom. The quantitative estimate of drug-likeness (QED) is 0.279. The van der Waals surface area contributed by atoms with Crippen molar-refractivity contribution in [3.63, 3.8) is 0 Å². The molecular formula is C27H26FN5O4. The number of nitrogens with zero attached hydrogens (tertiary/aromatic N) is 3. The highest BCUT2D eigenvalue weighted by Crippen LogP contribution is 2.38. The highest BCUT2D eigenvalue weighted by molar-refractivity contribution is 5.93. The standard InChI is InChI=1S/C27H26FN5O4/c1-3-23(34)16-4-6-17(7-5-16)36-25-13-19-22(14-24(25)35-2)29-15-30-27(19)32-21-9-8-18(12-20(21)28)37-26-10-11-31-33-26/h3,8-17H,1,4-7H2,2H3,(H,31,33)(H,29,30,32). The predicted molar refractivity (Wildman–Crippen MR) is 136 cm³/mol. The van der Waals surface area contributed by atoms with E-state index in [4.69, 9.17) is 14.2 Å². The number of carbonyl (C=O) groups is 1. The Morgan fingerprint density at radius 3 is 2.68 bits per heavy atom. The summed E-state index contributed by atoms with van der Waals surface area (Å²) in [6.07, 6.45) is 7.36. The van der Waals surface area contributed by atoms with E-state index in [0.29, 0.717) is 39.8 Å². The lowest BCUT2D eigenvalue weighted by Gasteiger charge is -2.28. The number of nitrogens with one attached hydrogen (secondary N) is 2. The summed E-state index contributed by atoms with van der Waals surface area (Å²) in [5.74, 6) is 1.71. The second-order valence-corrected chi connectivity index (χ2v) is 8.72. The molecule has 0 unspecified atom stereocenters. The third-order valence-corrected chi connectivity index (χ3v) is 6.38. The van der Waals surface area contributed by atoms with Gasteiger partial charge in [0.2, 0.25) is 5.88 Å². The molecule has 0 spiro atoms. The summed E-state index contributed by atoms with van der Waals surface area (Å²) < 4.78 is 32.3. The monoisotopic (exact) mass is 503 g/mol. The molecule has 2 aromatic heterocycles. The van der Waals surface area contributed by atoms with E-state index in [-0.39, 0.29) is 23.5 Å². The van der Waals surface area contributed by atoms with Gasteiger partial charge in [-0.15, -0.1) is 5.10 Å². The molecule has 4 aromatic rings. The van der Waals surface area contributed by atoms with Gasteiger partial charge in [-0.2, -0.15) is 0 Å². The van der Waals surface area contributed by atoms with Gasteiger partial charge in [0.25, 0.3) is 0 Å². The largest absolute Gasteiger partial charge is 0.493 e. The fourth-order valence-corrected chi connectivity index (χ4v) is 4.44. The fraction of sp³-hybridized carbons (Fsp3) is 0.259. The lowest BCUT2D eigenvalue weighted by molar-refractivity contribution is -0.119. The number of benzene rings is 2. The normalized spacial score (nSPS) is 17.2. The topological polar surface area (TPSA) is 111 Å². The Balaban J connectivity index is 1.37. The van der Waals surface area contributed by atoms with Gasteiger partial charge >= 0.3 is 0 Å². The lowest BCUT2D eigenvalue weighted by atomic mass is 9.84. The first-order valence-corrected chi connectivity index (χ1v) is 11.9. The average molecular weight is 504 g/mol. The van der Waals surface area contributed by atoms with Gasteiger partial charge in [-0.05, 0) is 50.0 Å². The number of aromatic amines is 1. The maximum absolute atomic E-state index is 14.9. The van der Waals surface area contributed by atoms with Gasteiger partial charge < -0.3 is 19.5 Å². The van der Waals surface area contributed by atoms with Crippen LogP contribution in [0.4, 0.5) is 15.9 Å². The highest BCUT2D eigenvalue weighted by atomic mass is 19.1. The Morgan fingerprint density at radius 2 is 1.97 bits per heavy atom. The van der Waals surface area contributed by atoms with Crippen molar-refractivity contribution in [1.82, 2.24) is 20.2 Å². The van der Waals surface area contributed by atoms with Crippen LogP contribution >= 0.6 is 0 Å². The van der Waals surface area contributed by atoms with Crippen LogP contribution in [0.5, 0.6) is 23.1 Å². The molecule has 10 heteroatoms. The number of hydrogen-bond acceptors (Lipinski definition) is 8. The zero-order valence-corrected chi connectivity index (χ0v) is 20.2. The Labute approximate surface area is 212 Å². The van der Waals surface area contributed by atoms with E-state index < -0.39 is 5.82 Å². The minimum absolute atomic E-state index is 0.00557. The molecule has 9 nitrogen and oxygen atoms in total. The molecule has 0 saturated heterocycles. The SMILES string of the molecule is C=CC(=O)C1CCC(Oc2cc3c(Nc4ccc(Oc5cc[nH]n5)cc4F)ncnc3cc2OC)CC1. The van der Waals surface area contributed by atoms with Crippen molar-refractivity contribution in [2.45, 2.75) is 31.8 Å². The first kappa shape index (κ1) is 24.2. The first-order chi connectivity index (χ1) is 18.0. The van der Waals surface area contributed by atoms with E-state index >= 15 is 0 Å². The molecule has 0 amide bonds. The Kier molecular flexibility index (Phi) is 6.98. The lowest BCUT2D eigenvalue weighted by Crippen LogP contribution is -2.27. The van der Waals surface area contributed by atoms with Gasteiger partial charge in [0.15, 0.2) is 17.3 Å². The van der Waals surface area contributed by atoms with Crippen LogP contribution in [0.3, 0.4) is 0 Å². The zero-order valence-electron chi connectivity index (χ0n) is 20.2. The number of ketones is 1. The van der Waals surface area contributed by atoms with Crippen LogP contribution in [0.1, 0.15) is 25.7 Å². The van der Waals surface area contributed by atoms with Gasteiger partial charge in [-0.3, -0.25) is 9.89 Å². The van der Waals surface area contributed by atoms with E-state index in [9.17, 15) is 9.18 Å². The molecule has 5 rings (SSSR count). The molecule has 0 radical (unpaired) electrons. The Hall–Kier alpha value is -4.47. The number of rotatable bonds is 9. The third kappa shape index (κ3) is 5.37. The van der Waals surface area contributed by atoms with Crippen molar-refractivity contribution in [3.05, 3.63) is 67.4 Å². The van der Waals surface area contributed by atoms with Gasteiger partial charge in [-0.1, -0.05) is 6.58 Å². The summed E-state index contributed by atoms with van der Waals surface area (Å²) in [6.45, 7) is 3.59. The number of methoxy groups -OCH3 is 1. The van der Waals surface area contributed by atoms with Crippen molar-refractivity contribution in [2.24, 2.45) is 5.92 Å². The zero-order chi connectivity index (χ0) is 25.8. The molecule has 0 bridgehead atoms. The van der Waals surface area contributed by atoms with Crippen LogP contribution in [0.15, 0.2) is 61.6 Å². The van der Waals surface area contributed by atoms with Crippen molar-refractivity contribution >= 4 is 28.2 Å². The summed E-state index contributed by atoms with van der Waals surface area (Å²) in [5, 5.41) is 10.2. The van der Waals surface area contributed by atoms with E-state index in [0.717, 1.165) is 25.7 Å². The van der Waals surface area contributed by atoms with Gasteiger partial charge in [0, 0.05) is 35.7 Å². The highest BCUT2D eigenvalue weighted by Gasteiger charge is 2.27. The number of H-pyrrole nitrogens is 1. The maximum atomic E-state index is 14.9. The van der Waals surface area contributed by atoms with Crippen molar-refractivity contribution in [1.29, 1.82) is 0 Å². The minimum Gasteiger partial charge on any atom is -0.493 e. The van der Waals surface area contributed by atoms with E-state index in [1.165, 1.54) is 18.5 Å². The number of anilines is 2. The van der Waals surface area contributed by atoms with E-state index in [1.807, 2.05) is 0 Å². The Bertz CT molecular complexity index is 1420. The molecule has 1 fully saturated rings. The number of ether oxygens (including phenoxy) is 3. The first-order valence-electron chi connectivity index (χ1n) is 11.9.